The van der Waals surface area contributed by atoms with Crippen LogP contribution in [0.3, 0.4) is 0 Å². The minimum Gasteiger partial charge on any atom is -0.303 e. The van der Waals surface area contributed by atoms with Crippen LogP contribution in [0.25, 0.3) is 0 Å². The fourth-order valence-electron chi connectivity index (χ4n) is 2.51. The minimum absolute atomic E-state index is 0.881. The number of piperidine rings is 2. The fourth-order valence-corrected chi connectivity index (χ4v) is 2.51. The van der Waals surface area contributed by atoms with E-state index in [4.69, 9.17) is 0 Å². The first kappa shape index (κ1) is 9.47. The first-order valence-corrected chi connectivity index (χ1v) is 5.81. The van der Waals surface area contributed by atoms with Gasteiger partial charge >= 0.3 is 0 Å². The van der Waals surface area contributed by atoms with Crippen LogP contribution in [0.1, 0.15) is 32.1 Å². The van der Waals surface area contributed by atoms with Crippen LogP contribution in [-0.4, -0.2) is 37.6 Å². The van der Waals surface area contributed by atoms with Gasteiger partial charge in [-0.25, -0.2) is 5.32 Å². The van der Waals surface area contributed by atoms with E-state index >= 15 is 0 Å². The van der Waals surface area contributed by atoms with Gasteiger partial charge in [0.1, 0.15) is 0 Å². The third-order valence-corrected chi connectivity index (χ3v) is 3.28. The van der Waals surface area contributed by atoms with Crippen LogP contribution < -0.4 is 5.32 Å². The summed E-state index contributed by atoms with van der Waals surface area (Å²) < 4.78 is 0. The van der Waals surface area contributed by atoms with E-state index in [1.54, 1.807) is 0 Å². The van der Waals surface area contributed by atoms with Crippen molar-refractivity contribution in [3.05, 3.63) is 0 Å². The van der Waals surface area contributed by atoms with Gasteiger partial charge in [-0.1, -0.05) is 6.42 Å². The van der Waals surface area contributed by atoms with Crippen molar-refractivity contribution in [1.29, 1.82) is 0 Å². The molecule has 75 valence electrons. The Hall–Kier alpha value is -0.0800. The summed E-state index contributed by atoms with van der Waals surface area (Å²) in [7, 11) is 0. The van der Waals surface area contributed by atoms with Crippen molar-refractivity contribution < 1.29 is 0 Å². The standard InChI is InChI=1S/C11H21N2/c1-2-7-13(8-3-1)10-11-5-4-6-12-9-11/h11H,1-10H2. The molecule has 2 aliphatic rings. The zero-order valence-corrected chi connectivity index (χ0v) is 8.54. The average Bonchev–Trinajstić information content (AvgIpc) is 2.21. The number of hydrogen-bond acceptors (Lipinski definition) is 1. The van der Waals surface area contributed by atoms with Gasteiger partial charge in [-0.2, -0.15) is 0 Å². The molecular weight excluding hydrogens is 160 g/mol. The Bertz CT molecular complexity index is 119. The fraction of sp³-hybridized carbons (Fsp3) is 1.00. The molecule has 0 aliphatic carbocycles. The smallest absolute Gasteiger partial charge is 0.0173 e. The third kappa shape index (κ3) is 2.96. The van der Waals surface area contributed by atoms with Gasteiger partial charge in [0.2, 0.25) is 0 Å². The van der Waals surface area contributed by atoms with Crippen LogP contribution in [0.15, 0.2) is 0 Å². The lowest BCUT2D eigenvalue weighted by Crippen LogP contribution is -2.38. The molecule has 0 bridgehead atoms. The van der Waals surface area contributed by atoms with Crippen molar-refractivity contribution in [3.8, 4) is 0 Å². The highest BCUT2D eigenvalue weighted by Crippen LogP contribution is 2.16. The summed E-state index contributed by atoms with van der Waals surface area (Å²) in [6.07, 6.45) is 7.04. The van der Waals surface area contributed by atoms with Gasteiger partial charge in [-0.05, 0) is 44.7 Å². The molecule has 2 saturated heterocycles. The van der Waals surface area contributed by atoms with Crippen molar-refractivity contribution in [2.24, 2.45) is 5.92 Å². The second-order valence-corrected chi connectivity index (χ2v) is 4.50. The molecule has 0 N–H and O–H groups in total. The molecule has 0 aromatic heterocycles. The van der Waals surface area contributed by atoms with E-state index in [1.165, 1.54) is 51.7 Å². The minimum atomic E-state index is 0.881. The highest BCUT2D eigenvalue weighted by Gasteiger charge is 2.18. The Morgan fingerprint density at radius 3 is 2.62 bits per heavy atom. The first-order valence-electron chi connectivity index (χ1n) is 5.81. The highest BCUT2D eigenvalue weighted by molar-refractivity contribution is 4.74. The van der Waals surface area contributed by atoms with Gasteiger partial charge < -0.3 is 4.90 Å². The van der Waals surface area contributed by atoms with Crippen molar-refractivity contribution in [1.82, 2.24) is 10.2 Å². The Balaban J connectivity index is 1.69. The highest BCUT2D eigenvalue weighted by atomic mass is 15.1. The maximum absolute atomic E-state index is 4.50. The molecule has 1 radical (unpaired) electrons. The lowest BCUT2D eigenvalue weighted by Gasteiger charge is -2.31. The molecule has 0 amide bonds. The van der Waals surface area contributed by atoms with E-state index in [0.29, 0.717) is 0 Å². The topological polar surface area (TPSA) is 17.3 Å². The second-order valence-electron chi connectivity index (χ2n) is 4.50. The van der Waals surface area contributed by atoms with Crippen LogP contribution >= 0.6 is 0 Å². The van der Waals surface area contributed by atoms with Gasteiger partial charge in [0.15, 0.2) is 0 Å². The molecule has 2 rings (SSSR count). The van der Waals surface area contributed by atoms with Gasteiger partial charge in [0, 0.05) is 19.6 Å². The maximum atomic E-state index is 4.50. The molecule has 0 aromatic rings. The van der Waals surface area contributed by atoms with Gasteiger partial charge in [0.25, 0.3) is 0 Å². The SMILES string of the molecule is C1CCN(CC2CCC[N]C2)CC1. The summed E-state index contributed by atoms with van der Waals surface area (Å²) >= 11 is 0. The van der Waals surface area contributed by atoms with E-state index in [0.717, 1.165) is 19.0 Å². The van der Waals surface area contributed by atoms with Crippen molar-refractivity contribution in [2.75, 3.05) is 32.7 Å². The first-order chi connectivity index (χ1) is 6.45. The normalized spacial score (nSPS) is 31.8. The molecular formula is C11H21N2. The molecule has 2 heteroatoms. The van der Waals surface area contributed by atoms with Crippen molar-refractivity contribution in [3.63, 3.8) is 0 Å². The van der Waals surface area contributed by atoms with Crippen LogP contribution in [0.5, 0.6) is 0 Å². The summed E-state index contributed by atoms with van der Waals surface area (Å²) in [4.78, 5) is 2.65. The van der Waals surface area contributed by atoms with Crippen LogP contribution in [-0.2, 0) is 0 Å². The summed E-state index contributed by atoms with van der Waals surface area (Å²) in [6, 6.07) is 0. The van der Waals surface area contributed by atoms with Crippen molar-refractivity contribution >= 4 is 0 Å². The van der Waals surface area contributed by atoms with Crippen LogP contribution in [0.4, 0.5) is 0 Å². The quantitative estimate of drug-likeness (QED) is 0.631. The predicted octanol–water partition coefficient (Wildman–Crippen LogP) is 1.49. The summed E-state index contributed by atoms with van der Waals surface area (Å²) in [5, 5.41) is 4.50. The number of rotatable bonds is 2. The summed E-state index contributed by atoms with van der Waals surface area (Å²) in [5.41, 5.74) is 0. The summed E-state index contributed by atoms with van der Waals surface area (Å²) in [6.45, 7) is 6.27. The van der Waals surface area contributed by atoms with E-state index in [2.05, 4.69) is 10.2 Å². The lowest BCUT2D eigenvalue weighted by atomic mass is 9.98. The van der Waals surface area contributed by atoms with Gasteiger partial charge in [-0.15, -0.1) is 0 Å². The van der Waals surface area contributed by atoms with Crippen LogP contribution in [0, 0.1) is 5.92 Å². The number of hydrogen-bond donors (Lipinski definition) is 0. The Kier molecular flexibility index (Phi) is 3.62. The lowest BCUT2D eigenvalue weighted by molar-refractivity contribution is 0.179. The Morgan fingerprint density at radius 2 is 1.92 bits per heavy atom. The maximum Gasteiger partial charge on any atom is 0.0173 e. The second kappa shape index (κ2) is 4.97. The average molecular weight is 181 g/mol. The molecule has 0 saturated carbocycles. The van der Waals surface area contributed by atoms with E-state index in [-0.39, 0.29) is 0 Å². The summed E-state index contributed by atoms with van der Waals surface area (Å²) in [5.74, 6) is 0.881. The van der Waals surface area contributed by atoms with Crippen molar-refractivity contribution in [2.45, 2.75) is 32.1 Å². The predicted molar refractivity (Wildman–Crippen MR) is 54.9 cm³/mol. The Labute approximate surface area is 81.7 Å². The molecule has 2 aliphatic heterocycles. The molecule has 13 heavy (non-hydrogen) atoms. The largest absolute Gasteiger partial charge is 0.303 e. The molecule has 0 aromatic carbocycles. The van der Waals surface area contributed by atoms with Gasteiger partial charge in [0.05, 0.1) is 0 Å². The van der Waals surface area contributed by atoms with Gasteiger partial charge in [-0.3, -0.25) is 0 Å². The molecule has 1 unspecified atom stereocenters. The van der Waals surface area contributed by atoms with E-state index in [9.17, 15) is 0 Å². The monoisotopic (exact) mass is 181 g/mol. The molecule has 0 spiro atoms. The molecule has 2 fully saturated rings. The van der Waals surface area contributed by atoms with E-state index < -0.39 is 0 Å². The zero-order valence-electron chi connectivity index (χ0n) is 8.54. The molecule has 2 nitrogen and oxygen atoms in total. The Morgan fingerprint density at radius 1 is 1.08 bits per heavy atom. The zero-order chi connectivity index (χ0) is 8.93. The third-order valence-electron chi connectivity index (χ3n) is 3.28. The van der Waals surface area contributed by atoms with Crippen LogP contribution in [0.2, 0.25) is 0 Å². The molecule has 1 atom stereocenters. The number of likely N-dealkylation sites (tertiary alicyclic amines) is 1. The molecule has 2 heterocycles. The number of nitrogens with zero attached hydrogens (tertiary/aromatic N) is 2. The van der Waals surface area contributed by atoms with E-state index in [1.807, 2.05) is 0 Å².